The third kappa shape index (κ3) is 3.56. The number of carbonyl (C=O) groups is 2. The number of nitro benzene ring substituents is 1. The van der Waals surface area contributed by atoms with Crippen LogP contribution in [0.15, 0.2) is 18.2 Å². The summed E-state index contributed by atoms with van der Waals surface area (Å²) in [6.45, 7) is 1.59. The minimum atomic E-state index is -1.23. The second-order valence-corrected chi connectivity index (χ2v) is 3.38. The average Bonchev–Trinajstić information content (AvgIpc) is 2.19. The minimum absolute atomic E-state index is 0.0845. The van der Waals surface area contributed by atoms with Crippen molar-refractivity contribution in [1.29, 1.82) is 0 Å². The minimum Gasteiger partial charge on any atom is -0.481 e. The third-order valence-electron chi connectivity index (χ3n) is 2.01. The van der Waals surface area contributed by atoms with Gasteiger partial charge in [-0.1, -0.05) is 0 Å². The van der Waals surface area contributed by atoms with E-state index in [2.05, 4.69) is 5.32 Å². The van der Waals surface area contributed by atoms with Gasteiger partial charge in [0.05, 0.1) is 4.92 Å². The molecule has 0 saturated carbocycles. The van der Waals surface area contributed by atoms with E-state index in [1.165, 1.54) is 18.2 Å². The lowest BCUT2D eigenvalue weighted by Gasteiger charge is -2.06. The molecule has 0 unspecified atom stereocenters. The Morgan fingerprint density at radius 2 is 2.12 bits per heavy atom. The molecule has 0 fully saturated rings. The highest BCUT2D eigenvalue weighted by Gasteiger charge is 2.12. The summed E-state index contributed by atoms with van der Waals surface area (Å²) in [6.07, 6.45) is -0.642. The molecule has 0 radical (unpaired) electrons. The number of aliphatic carboxylic acids is 1. The molecule has 1 rings (SSSR count). The quantitative estimate of drug-likeness (QED) is 0.467. The predicted molar refractivity (Wildman–Crippen MR) is 58.7 cm³/mol. The molecule has 0 saturated heterocycles. The van der Waals surface area contributed by atoms with E-state index in [9.17, 15) is 19.7 Å². The summed E-state index contributed by atoms with van der Waals surface area (Å²) in [5.74, 6) is -1.91. The molecule has 2 N–H and O–H groups in total. The van der Waals surface area contributed by atoms with Gasteiger partial charge in [0, 0.05) is 17.8 Å². The smallest absolute Gasteiger partial charge is 0.312 e. The fourth-order valence-corrected chi connectivity index (χ4v) is 1.23. The normalized spacial score (nSPS) is 9.71. The summed E-state index contributed by atoms with van der Waals surface area (Å²) < 4.78 is 0. The van der Waals surface area contributed by atoms with E-state index in [1.54, 1.807) is 6.92 Å². The van der Waals surface area contributed by atoms with E-state index in [0.717, 1.165) is 0 Å². The van der Waals surface area contributed by atoms with Gasteiger partial charge in [-0.05, 0) is 18.6 Å². The molecule has 0 aliphatic carbocycles. The maximum atomic E-state index is 11.2. The summed E-state index contributed by atoms with van der Waals surface area (Å²) in [7, 11) is 0. The first-order valence-electron chi connectivity index (χ1n) is 4.67. The number of rotatable bonds is 4. The highest BCUT2D eigenvalue weighted by atomic mass is 16.6. The number of nitro groups is 1. The fourth-order valence-electron chi connectivity index (χ4n) is 1.23. The number of amides is 1. The molecule has 17 heavy (non-hydrogen) atoms. The van der Waals surface area contributed by atoms with Crippen LogP contribution in [0, 0.1) is 17.0 Å². The van der Waals surface area contributed by atoms with E-state index in [1.807, 2.05) is 0 Å². The summed E-state index contributed by atoms with van der Waals surface area (Å²) in [5, 5.41) is 21.2. The number of carbonyl (C=O) groups excluding carboxylic acids is 1. The number of hydrogen-bond acceptors (Lipinski definition) is 4. The van der Waals surface area contributed by atoms with Crippen LogP contribution in [0.25, 0.3) is 0 Å². The lowest BCUT2D eigenvalue weighted by molar-refractivity contribution is -0.384. The van der Waals surface area contributed by atoms with Crippen LogP contribution >= 0.6 is 0 Å². The average molecular weight is 238 g/mol. The Kier molecular flexibility index (Phi) is 3.76. The summed E-state index contributed by atoms with van der Waals surface area (Å²) >= 11 is 0. The molecule has 1 aromatic carbocycles. The molecular weight excluding hydrogens is 228 g/mol. The molecule has 7 heteroatoms. The van der Waals surface area contributed by atoms with Gasteiger partial charge in [0.1, 0.15) is 6.42 Å². The molecule has 0 aliphatic heterocycles. The SMILES string of the molecule is Cc1cc([N+](=O)[O-])ccc1NC(=O)CC(=O)O. The number of carboxylic acid groups (broad SMARTS) is 1. The predicted octanol–water partition coefficient (Wildman–Crippen LogP) is 1.32. The number of anilines is 1. The lowest BCUT2D eigenvalue weighted by Crippen LogP contribution is -2.16. The van der Waals surface area contributed by atoms with Crippen molar-refractivity contribution in [3.05, 3.63) is 33.9 Å². The van der Waals surface area contributed by atoms with Crippen LogP contribution in [-0.2, 0) is 9.59 Å². The van der Waals surface area contributed by atoms with Crippen molar-refractivity contribution in [2.24, 2.45) is 0 Å². The molecular formula is C10H10N2O5. The second kappa shape index (κ2) is 5.06. The Balaban J connectivity index is 2.83. The topological polar surface area (TPSA) is 110 Å². The Morgan fingerprint density at radius 1 is 1.47 bits per heavy atom. The number of non-ortho nitro benzene ring substituents is 1. The monoisotopic (exact) mass is 238 g/mol. The van der Waals surface area contributed by atoms with Gasteiger partial charge >= 0.3 is 5.97 Å². The molecule has 0 atom stereocenters. The number of carboxylic acids is 1. The summed E-state index contributed by atoms with van der Waals surface area (Å²) in [6, 6.07) is 3.91. The maximum Gasteiger partial charge on any atom is 0.312 e. The van der Waals surface area contributed by atoms with Crippen molar-refractivity contribution in [2.45, 2.75) is 13.3 Å². The largest absolute Gasteiger partial charge is 0.481 e. The van der Waals surface area contributed by atoms with Crippen LogP contribution in [-0.4, -0.2) is 21.9 Å². The number of benzene rings is 1. The first-order valence-corrected chi connectivity index (χ1v) is 4.67. The van der Waals surface area contributed by atoms with E-state index in [-0.39, 0.29) is 5.69 Å². The number of aryl methyl sites for hydroxylation is 1. The zero-order chi connectivity index (χ0) is 13.0. The second-order valence-electron chi connectivity index (χ2n) is 3.38. The lowest BCUT2D eigenvalue weighted by atomic mass is 10.1. The van der Waals surface area contributed by atoms with Crippen molar-refractivity contribution in [3.63, 3.8) is 0 Å². The van der Waals surface area contributed by atoms with Crippen molar-refractivity contribution >= 4 is 23.3 Å². The summed E-state index contributed by atoms with van der Waals surface area (Å²) in [4.78, 5) is 31.4. The van der Waals surface area contributed by atoms with Gasteiger partial charge in [0.25, 0.3) is 5.69 Å². The van der Waals surface area contributed by atoms with Crippen LogP contribution < -0.4 is 5.32 Å². The van der Waals surface area contributed by atoms with Crippen molar-refractivity contribution in [2.75, 3.05) is 5.32 Å². The highest BCUT2D eigenvalue weighted by Crippen LogP contribution is 2.21. The molecule has 0 heterocycles. The van der Waals surface area contributed by atoms with Crippen molar-refractivity contribution < 1.29 is 19.6 Å². The molecule has 0 spiro atoms. The molecule has 0 aromatic heterocycles. The van der Waals surface area contributed by atoms with Gasteiger partial charge in [0.2, 0.25) is 5.91 Å². The van der Waals surface area contributed by atoms with Crippen LogP contribution in [0.1, 0.15) is 12.0 Å². The Hall–Kier alpha value is -2.44. The van der Waals surface area contributed by atoms with E-state index < -0.39 is 23.2 Å². The Morgan fingerprint density at radius 3 is 2.59 bits per heavy atom. The van der Waals surface area contributed by atoms with Crippen molar-refractivity contribution in [3.8, 4) is 0 Å². The van der Waals surface area contributed by atoms with E-state index in [0.29, 0.717) is 11.3 Å². The zero-order valence-electron chi connectivity index (χ0n) is 8.97. The first-order chi connectivity index (χ1) is 7.90. The van der Waals surface area contributed by atoms with Gasteiger partial charge in [-0.25, -0.2) is 0 Å². The fraction of sp³-hybridized carbons (Fsp3) is 0.200. The molecule has 90 valence electrons. The van der Waals surface area contributed by atoms with Gasteiger partial charge in [-0.2, -0.15) is 0 Å². The highest BCUT2D eigenvalue weighted by molar-refractivity contribution is 6.01. The Bertz CT molecular complexity index is 484. The Labute approximate surface area is 96.2 Å². The van der Waals surface area contributed by atoms with Crippen molar-refractivity contribution in [1.82, 2.24) is 0 Å². The first kappa shape index (κ1) is 12.6. The zero-order valence-corrected chi connectivity index (χ0v) is 8.97. The van der Waals surface area contributed by atoms with Gasteiger partial charge < -0.3 is 10.4 Å². The maximum absolute atomic E-state index is 11.2. The molecule has 1 amide bonds. The third-order valence-corrected chi connectivity index (χ3v) is 2.01. The van der Waals surface area contributed by atoms with Crippen LogP contribution in [0.5, 0.6) is 0 Å². The molecule has 1 aromatic rings. The van der Waals surface area contributed by atoms with Crippen LogP contribution in [0.2, 0.25) is 0 Å². The van der Waals surface area contributed by atoms with E-state index >= 15 is 0 Å². The summed E-state index contributed by atoms with van der Waals surface area (Å²) in [5.41, 5.74) is 0.776. The standard InChI is InChI=1S/C10H10N2O5/c1-6-4-7(12(16)17)2-3-8(6)11-9(13)5-10(14)15/h2-4H,5H2,1H3,(H,11,13)(H,14,15). The van der Waals surface area contributed by atoms with Crippen LogP contribution in [0.3, 0.4) is 0 Å². The molecule has 7 nitrogen and oxygen atoms in total. The number of nitrogens with zero attached hydrogens (tertiary/aromatic N) is 1. The number of nitrogens with one attached hydrogen (secondary N) is 1. The molecule has 0 aliphatic rings. The van der Waals surface area contributed by atoms with Gasteiger partial charge in [0.15, 0.2) is 0 Å². The van der Waals surface area contributed by atoms with E-state index in [4.69, 9.17) is 5.11 Å². The van der Waals surface area contributed by atoms with Gasteiger partial charge in [-0.15, -0.1) is 0 Å². The van der Waals surface area contributed by atoms with Crippen LogP contribution in [0.4, 0.5) is 11.4 Å². The van der Waals surface area contributed by atoms with Gasteiger partial charge in [-0.3, -0.25) is 19.7 Å². The number of hydrogen-bond donors (Lipinski definition) is 2. The molecule has 0 bridgehead atoms.